The first kappa shape index (κ1) is 14.0. The van der Waals surface area contributed by atoms with Crippen LogP contribution < -0.4 is 5.32 Å². The summed E-state index contributed by atoms with van der Waals surface area (Å²) in [4.78, 5) is 27.8. The van der Waals surface area contributed by atoms with E-state index < -0.39 is 5.97 Å². The van der Waals surface area contributed by atoms with Crippen molar-refractivity contribution >= 4 is 33.4 Å². The molecule has 110 valence electrons. The Balaban J connectivity index is 1.54. The maximum Gasteiger partial charge on any atom is 0.338 e. The molecule has 1 aliphatic rings. The van der Waals surface area contributed by atoms with Gasteiger partial charge in [-0.3, -0.25) is 4.79 Å². The van der Waals surface area contributed by atoms with Crippen LogP contribution in [0, 0.1) is 5.92 Å². The van der Waals surface area contributed by atoms with Crippen LogP contribution in [0.1, 0.15) is 30.1 Å². The molecular weight excluding hydrogens is 288 g/mol. The molecule has 5 nitrogen and oxygen atoms in total. The third kappa shape index (κ3) is 3.39. The van der Waals surface area contributed by atoms with Gasteiger partial charge in [-0.25, -0.2) is 9.78 Å². The predicted octanol–water partition coefficient (Wildman–Crippen LogP) is 2.37. The molecule has 21 heavy (non-hydrogen) atoms. The zero-order chi connectivity index (χ0) is 14.8. The Morgan fingerprint density at radius 2 is 2.29 bits per heavy atom. The summed E-state index contributed by atoms with van der Waals surface area (Å²) in [7, 11) is 0. The van der Waals surface area contributed by atoms with E-state index in [1.807, 2.05) is 6.92 Å². The summed E-state index contributed by atoms with van der Waals surface area (Å²) >= 11 is 1.46. The second-order valence-electron chi connectivity index (χ2n) is 5.30. The lowest BCUT2D eigenvalue weighted by molar-refractivity contribution is -0.124. The predicted molar refractivity (Wildman–Crippen MR) is 80.2 cm³/mol. The largest absolute Gasteiger partial charge is 0.452 e. The fourth-order valence-electron chi connectivity index (χ4n) is 2.21. The fourth-order valence-corrected chi connectivity index (χ4v) is 2.92. The van der Waals surface area contributed by atoms with Gasteiger partial charge in [0.05, 0.1) is 21.3 Å². The van der Waals surface area contributed by atoms with Gasteiger partial charge in [-0.1, -0.05) is 0 Å². The monoisotopic (exact) mass is 304 g/mol. The zero-order valence-corrected chi connectivity index (χ0v) is 12.5. The zero-order valence-electron chi connectivity index (χ0n) is 11.7. The molecule has 1 aromatic heterocycles. The average Bonchev–Trinajstić information content (AvgIpc) is 3.22. The molecule has 1 saturated carbocycles. The van der Waals surface area contributed by atoms with Gasteiger partial charge in [0.1, 0.15) is 0 Å². The number of aromatic nitrogens is 1. The van der Waals surface area contributed by atoms with Gasteiger partial charge >= 0.3 is 5.97 Å². The summed E-state index contributed by atoms with van der Waals surface area (Å²) in [5, 5.41) is 2.85. The van der Waals surface area contributed by atoms with Crippen molar-refractivity contribution in [3.05, 3.63) is 29.3 Å². The molecule has 1 heterocycles. The smallest absolute Gasteiger partial charge is 0.338 e. The quantitative estimate of drug-likeness (QED) is 0.861. The number of hydrogen-bond donors (Lipinski definition) is 1. The number of carbonyl (C=O) groups excluding carboxylic acids is 2. The van der Waals surface area contributed by atoms with Crippen LogP contribution in [0.25, 0.3) is 10.2 Å². The van der Waals surface area contributed by atoms with Crippen LogP contribution in [0.3, 0.4) is 0 Å². The summed E-state index contributed by atoms with van der Waals surface area (Å²) in [6.07, 6.45) is 2.33. The Labute approximate surface area is 126 Å². The van der Waals surface area contributed by atoms with Crippen LogP contribution >= 0.6 is 11.3 Å². The second kappa shape index (κ2) is 5.81. The van der Waals surface area contributed by atoms with Crippen LogP contribution in [0.15, 0.2) is 23.7 Å². The Morgan fingerprint density at radius 3 is 3.05 bits per heavy atom. The molecule has 6 heteroatoms. The number of amides is 1. The normalized spacial score (nSPS) is 15.7. The van der Waals surface area contributed by atoms with E-state index in [0.29, 0.717) is 11.5 Å². The number of nitrogens with one attached hydrogen (secondary N) is 1. The maximum atomic E-state index is 11.9. The number of thiazole rings is 1. The lowest BCUT2D eigenvalue weighted by Gasteiger charge is -2.12. The van der Waals surface area contributed by atoms with Gasteiger partial charge in [0.2, 0.25) is 0 Å². The first-order valence-corrected chi connectivity index (χ1v) is 7.81. The molecule has 1 aliphatic carbocycles. The van der Waals surface area contributed by atoms with Crippen molar-refractivity contribution in [3.8, 4) is 0 Å². The summed E-state index contributed by atoms with van der Waals surface area (Å²) in [5.41, 5.74) is 3.02. The molecular formula is C15H16N2O3S. The Bertz CT molecular complexity index is 678. The van der Waals surface area contributed by atoms with E-state index in [9.17, 15) is 9.59 Å². The number of nitrogens with zero attached hydrogens (tertiary/aromatic N) is 1. The van der Waals surface area contributed by atoms with E-state index in [1.165, 1.54) is 11.3 Å². The number of rotatable bonds is 5. The number of fused-ring (bicyclic) bond motifs is 1. The van der Waals surface area contributed by atoms with Crippen molar-refractivity contribution in [2.75, 3.05) is 6.61 Å². The van der Waals surface area contributed by atoms with Gasteiger partial charge in [0.25, 0.3) is 5.91 Å². The maximum absolute atomic E-state index is 11.9. The number of carbonyl (C=O) groups is 2. The molecule has 0 radical (unpaired) electrons. The molecule has 1 N–H and O–H groups in total. The Morgan fingerprint density at radius 1 is 1.48 bits per heavy atom. The molecule has 0 saturated heterocycles. The van der Waals surface area contributed by atoms with Crippen LogP contribution in [-0.2, 0) is 9.53 Å². The van der Waals surface area contributed by atoms with Gasteiger partial charge in [-0.2, -0.15) is 0 Å². The number of esters is 1. The van der Waals surface area contributed by atoms with Gasteiger partial charge in [0, 0.05) is 6.04 Å². The molecule has 0 bridgehead atoms. The SMILES string of the molecule is C[C@H](NC(=O)COC(=O)c1ccc2ncsc2c1)C1CC1. The Hall–Kier alpha value is -1.95. The summed E-state index contributed by atoms with van der Waals surface area (Å²) in [6.45, 7) is 1.74. The topological polar surface area (TPSA) is 68.3 Å². The van der Waals surface area contributed by atoms with Gasteiger partial charge in [-0.15, -0.1) is 11.3 Å². The van der Waals surface area contributed by atoms with E-state index in [0.717, 1.165) is 23.1 Å². The van der Waals surface area contributed by atoms with Gasteiger partial charge in [-0.05, 0) is 43.9 Å². The van der Waals surface area contributed by atoms with Crippen molar-refractivity contribution in [1.29, 1.82) is 0 Å². The van der Waals surface area contributed by atoms with Crippen LogP contribution in [0.5, 0.6) is 0 Å². The van der Waals surface area contributed by atoms with Gasteiger partial charge < -0.3 is 10.1 Å². The number of ether oxygens (including phenoxy) is 1. The van der Waals surface area contributed by atoms with Crippen LogP contribution in [-0.4, -0.2) is 29.5 Å². The van der Waals surface area contributed by atoms with E-state index >= 15 is 0 Å². The summed E-state index contributed by atoms with van der Waals surface area (Å²) in [6, 6.07) is 5.33. The highest BCUT2D eigenvalue weighted by Crippen LogP contribution is 2.32. The van der Waals surface area contributed by atoms with E-state index in [-0.39, 0.29) is 18.6 Å². The standard InChI is InChI=1S/C15H16N2O3S/c1-9(10-2-3-10)17-14(18)7-20-15(19)11-4-5-12-13(6-11)21-8-16-12/h4-6,8-10H,2-3,7H2,1H3,(H,17,18)/t9-/m0/s1. The highest BCUT2D eigenvalue weighted by Gasteiger charge is 2.29. The highest BCUT2D eigenvalue weighted by molar-refractivity contribution is 7.16. The number of benzene rings is 1. The molecule has 1 atom stereocenters. The van der Waals surface area contributed by atoms with E-state index in [4.69, 9.17) is 4.74 Å². The number of hydrogen-bond acceptors (Lipinski definition) is 5. The molecule has 0 unspecified atom stereocenters. The third-order valence-corrected chi connectivity index (χ3v) is 4.41. The third-order valence-electron chi connectivity index (χ3n) is 3.62. The minimum absolute atomic E-state index is 0.157. The first-order valence-electron chi connectivity index (χ1n) is 6.93. The average molecular weight is 304 g/mol. The summed E-state index contributed by atoms with van der Waals surface area (Å²) in [5.74, 6) is -0.153. The van der Waals surface area contributed by atoms with Crippen molar-refractivity contribution in [2.45, 2.75) is 25.8 Å². The fraction of sp³-hybridized carbons (Fsp3) is 0.400. The second-order valence-corrected chi connectivity index (χ2v) is 6.19. The van der Waals surface area contributed by atoms with Gasteiger partial charge in [0.15, 0.2) is 6.61 Å². The first-order chi connectivity index (χ1) is 10.1. The van der Waals surface area contributed by atoms with E-state index in [2.05, 4.69) is 10.3 Å². The lowest BCUT2D eigenvalue weighted by atomic mass is 10.2. The Kier molecular flexibility index (Phi) is 3.88. The minimum Gasteiger partial charge on any atom is -0.452 e. The van der Waals surface area contributed by atoms with Crippen molar-refractivity contribution in [2.24, 2.45) is 5.92 Å². The molecule has 1 fully saturated rings. The minimum atomic E-state index is -0.487. The highest BCUT2D eigenvalue weighted by atomic mass is 32.1. The van der Waals surface area contributed by atoms with Crippen molar-refractivity contribution in [3.63, 3.8) is 0 Å². The molecule has 1 amide bonds. The molecule has 1 aromatic carbocycles. The van der Waals surface area contributed by atoms with E-state index in [1.54, 1.807) is 23.7 Å². The van der Waals surface area contributed by atoms with Crippen molar-refractivity contribution < 1.29 is 14.3 Å². The molecule has 2 aromatic rings. The summed E-state index contributed by atoms with van der Waals surface area (Å²) < 4.78 is 5.98. The molecule has 0 aliphatic heterocycles. The molecule has 3 rings (SSSR count). The van der Waals surface area contributed by atoms with Crippen LogP contribution in [0.2, 0.25) is 0 Å². The lowest BCUT2D eigenvalue weighted by Crippen LogP contribution is -2.37. The molecule has 0 spiro atoms. The van der Waals surface area contributed by atoms with Crippen LogP contribution in [0.4, 0.5) is 0 Å². The van der Waals surface area contributed by atoms with Crippen molar-refractivity contribution in [1.82, 2.24) is 10.3 Å².